The number of carbonyl (C=O) groups excluding carboxylic acids is 1. The molecule has 160 valence electrons. The highest BCUT2D eigenvalue weighted by atomic mass is 19.1. The van der Waals surface area contributed by atoms with Gasteiger partial charge in [0.25, 0.3) is 0 Å². The molecule has 4 aromatic rings. The van der Waals surface area contributed by atoms with Gasteiger partial charge in [-0.15, -0.1) is 0 Å². The van der Waals surface area contributed by atoms with Crippen molar-refractivity contribution in [1.82, 2.24) is 15.0 Å². The van der Waals surface area contributed by atoms with Crippen molar-refractivity contribution in [3.63, 3.8) is 0 Å². The molecular weight excluding hydrogens is 403 g/mol. The number of hydrogen-bond donors (Lipinski definition) is 1. The molecule has 4 rings (SSSR count). The highest BCUT2D eigenvalue weighted by Gasteiger charge is 2.12. The van der Waals surface area contributed by atoms with E-state index < -0.39 is 5.91 Å². The van der Waals surface area contributed by atoms with Gasteiger partial charge in [-0.05, 0) is 65.4 Å². The second-order valence-electron chi connectivity index (χ2n) is 7.81. The van der Waals surface area contributed by atoms with Gasteiger partial charge in [0.2, 0.25) is 5.91 Å². The van der Waals surface area contributed by atoms with Crippen molar-refractivity contribution in [2.24, 2.45) is 5.73 Å². The number of primary amides is 1. The van der Waals surface area contributed by atoms with E-state index in [0.29, 0.717) is 18.4 Å². The second kappa shape index (κ2) is 9.47. The molecule has 0 radical (unpaired) electrons. The average molecular weight is 426 g/mol. The lowest BCUT2D eigenvalue weighted by molar-refractivity contribution is 0.100. The van der Waals surface area contributed by atoms with Crippen LogP contribution in [0.15, 0.2) is 79.3 Å². The maximum atomic E-state index is 13.3. The van der Waals surface area contributed by atoms with E-state index in [4.69, 9.17) is 10.7 Å². The van der Waals surface area contributed by atoms with Gasteiger partial charge in [-0.3, -0.25) is 19.7 Å². The Hall–Kier alpha value is -3.93. The molecule has 6 heteroatoms. The normalized spacial score (nSPS) is 11.8. The number of rotatable bonds is 7. The zero-order valence-corrected chi connectivity index (χ0v) is 17.7. The Morgan fingerprint density at radius 3 is 2.31 bits per heavy atom. The van der Waals surface area contributed by atoms with Crippen LogP contribution in [-0.4, -0.2) is 20.9 Å². The van der Waals surface area contributed by atoms with Crippen LogP contribution in [0.4, 0.5) is 4.39 Å². The Balaban J connectivity index is 1.67. The van der Waals surface area contributed by atoms with Gasteiger partial charge in [0.15, 0.2) is 0 Å². The first-order chi connectivity index (χ1) is 15.5. The number of nitrogens with zero attached hydrogens (tertiary/aromatic N) is 3. The highest BCUT2D eigenvalue weighted by molar-refractivity contribution is 5.93. The fraction of sp³-hybridized carbons (Fsp3) is 0.154. The first-order valence-electron chi connectivity index (χ1n) is 10.4. The summed E-state index contributed by atoms with van der Waals surface area (Å²) >= 11 is 0. The molecule has 0 saturated carbocycles. The molecule has 1 amide bonds. The quantitative estimate of drug-likeness (QED) is 0.464. The van der Waals surface area contributed by atoms with Crippen LogP contribution in [0.2, 0.25) is 0 Å². The molecule has 2 aromatic carbocycles. The predicted molar refractivity (Wildman–Crippen MR) is 122 cm³/mol. The Morgan fingerprint density at radius 2 is 1.66 bits per heavy atom. The van der Waals surface area contributed by atoms with E-state index in [1.807, 2.05) is 30.3 Å². The highest BCUT2D eigenvalue weighted by Crippen LogP contribution is 2.26. The van der Waals surface area contributed by atoms with E-state index in [9.17, 15) is 9.18 Å². The molecule has 5 nitrogen and oxygen atoms in total. The summed E-state index contributed by atoms with van der Waals surface area (Å²) in [6, 6.07) is 17.9. The zero-order valence-electron chi connectivity index (χ0n) is 17.7. The van der Waals surface area contributed by atoms with Crippen LogP contribution in [-0.2, 0) is 12.8 Å². The zero-order chi connectivity index (χ0) is 22.5. The lowest BCUT2D eigenvalue weighted by atomic mass is 9.94. The second-order valence-corrected chi connectivity index (χ2v) is 7.81. The smallest absolute Gasteiger partial charge is 0.248 e. The molecule has 32 heavy (non-hydrogen) atoms. The van der Waals surface area contributed by atoms with Crippen LogP contribution in [0.25, 0.3) is 11.1 Å². The molecule has 0 unspecified atom stereocenters. The monoisotopic (exact) mass is 426 g/mol. The van der Waals surface area contributed by atoms with Crippen molar-refractivity contribution in [1.29, 1.82) is 0 Å². The number of pyridine rings is 1. The third-order valence-electron chi connectivity index (χ3n) is 5.37. The standard InChI is InChI=1S/C26H23FN4O/c1-17(18-6-8-22(27)9-7-18)12-23-13-21(19-2-4-20(5-3-19)26(28)32)14-24(31-23)15-25-16-29-10-11-30-25/h2-11,13-14,16-17H,12,15H2,1H3,(H2,28,32)/t17-/m1/s1. The maximum Gasteiger partial charge on any atom is 0.248 e. The minimum Gasteiger partial charge on any atom is -0.366 e. The van der Waals surface area contributed by atoms with Gasteiger partial charge < -0.3 is 5.73 Å². The molecule has 2 heterocycles. The Labute approximate surface area is 186 Å². The van der Waals surface area contributed by atoms with E-state index in [-0.39, 0.29) is 11.7 Å². The summed E-state index contributed by atoms with van der Waals surface area (Å²) < 4.78 is 13.3. The first kappa shape index (κ1) is 21.3. The van der Waals surface area contributed by atoms with E-state index in [2.05, 4.69) is 23.0 Å². The number of halogens is 1. The predicted octanol–water partition coefficient (Wildman–Crippen LogP) is 4.71. The van der Waals surface area contributed by atoms with Gasteiger partial charge in [0.05, 0.1) is 5.69 Å². The molecule has 0 fully saturated rings. The average Bonchev–Trinajstić information content (AvgIpc) is 2.80. The summed E-state index contributed by atoms with van der Waals surface area (Å²) in [7, 11) is 0. The van der Waals surface area contributed by atoms with Crippen LogP contribution in [0.3, 0.4) is 0 Å². The van der Waals surface area contributed by atoms with Crippen molar-refractivity contribution in [3.8, 4) is 11.1 Å². The van der Waals surface area contributed by atoms with Crippen LogP contribution < -0.4 is 5.73 Å². The Kier molecular flexibility index (Phi) is 6.31. The van der Waals surface area contributed by atoms with Gasteiger partial charge >= 0.3 is 0 Å². The minimum atomic E-state index is -0.455. The fourth-order valence-corrected chi connectivity index (χ4v) is 3.67. The van der Waals surface area contributed by atoms with Crippen LogP contribution in [0.5, 0.6) is 0 Å². The molecule has 0 saturated heterocycles. The van der Waals surface area contributed by atoms with E-state index in [1.165, 1.54) is 12.1 Å². The van der Waals surface area contributed by atoms with Gasteiger partial charge in [-0.1, -0.05) is 31.2 Å². The van der Waals surface area contributed by atoms with E-state index in [0.717, 1.165) is 33.8 Å². The maximum absolute atomic E-state index is 13.3. The molecule has 0 aliphatic carbocycles. The lowest BCUT2D eigenvalue weighted by Gasteiger charge is -2.14. The number of nitrogens with two attached hydrogens (primary N) is 1. The third kappa shape index (κ3) is 5.21. The molecule has 1 atom stereocenters. The topological polar surface area (TPSA) is 81.8 Å². The number of benzene rings is 2. The van der Waals surface area contributed by atoms with Gasteiger partial charge in [0, 0.05) is 42.0 Å². The first-order valence-corrected chi connectivity index (χ1v) is 10.4. The summed E-state index contributed by atoms with van der Waals surface area (Å²) in [5.74, 6) is -0.532. The molecule has 0 aliphatic rings. The third-order valence-corrected chi connectivity index (χ3v) is 5.37. The molecular formula is C26H23FN4O. The van der Waals surface area contributed by atoms with Crippen LogP contribution in [0.1, 0.15) is 45.8 Å². The molecule has 2 N–H and O–H groups in total. The number of carbonyl (C=O) groups is 1. The number of aromatic nitrogens is 3. The number of hydrogen-bond acceptors (Lipinski definition) is 4. The van der Waals surface area contributed by atoms with Gasteiger partial charge in [-0.2, -0.15) is 0 Å². The SMILES string of the molecule is C[C@H](Cc1cc(-c2ccc(C(N)=O)cc2)cc(Cc2cnccn2)n1)c1ccc(F)cc1. The summed E-state index contributed by atoms with van der Waals surface area (Å²) in [6.45, 7) is 2.10. The van der Waals surface area contributed by atoms with Gasteiger partial charge in [0.1, 0.15) is 5.82 Å². The van der Waals surface area contributed by atoms with Crippen LogP contribution in [0, 0.1) is 5.82 Å². The van der Waals surface area contributed by atoms with Crippen molar-refractivity contribution >= 4 is 5.91 Å². The Morgan fingerprint density at radius 1 is 0.938 bits per heavy atom. The largest absolute Gasteiger partial charge is 0.366 e. The van der Waals surface area contributed by atoms with Gasteiger partial charge in [-0.25, -0.2) is 4.39 Å². The van der Waals surface area contributed by atoms with E-state index >= 15 is 0 Å². The van der Waals surface area contributed by atoms with Crippen molar-refractivity contribution in [2.45, 2.75) is 25.7 Å². The minimum absolute atomic E-state index is 0.167. The van der Waals surface area contributed by atoms with Crippen molar-refractivity contribution < 1.29 is 9.18 Å². The number of amides is 1. The van der Waals surface area contributed by atoms with Crippen molar-refractivity contribution in [2.75, 3.05) is 0 Å². The lowest BCUT2D eigenvalue weighted by Crippen LogP contribution is -2.10. The summed E-state index contributed by atoms with van der Waals surface area (Å²) in [4.78, 5) is 24.8. The molecule has 2 aromatic heterocycles. The summed E-state index contributed by atoms with van der Waals surface area (Å²) in [5.41, 5.74) is 11.5. The summed E-state index contributed by atoms with van der Waals surface area (Å²) in [6.07, 6.45) is 6.30. The van der Waals surface area contributed by atoms with Crippen molar-refractivity contribution in [3.05, 3.63) is 113 Å². The summed E-state index contributed by atoms with van der Waals surface area (Å²) in [5, 5.41) is 0. The van der Waals surface area contributed by atoms with Crippen LogP contribution >= 0.6 is 0 Å². The molecule has 0 aliphatic heterocycles. The molecule has 0 spiro atoms. The fourth-order valence-electron chi connectivity index (χ4n) is 3.67. The Bertz CT molecular complexity index is 1210. The molecule has 0 bridgehead atoms. The van der Waals surface area contributed by atoms with E-state index in [1.54, 1.807) is 30.7 Å².